The zero-order valence-corrected chi connectivity index (χ0v) is 20.1. The summed E-state index contributed by atoms with van der Waals surface area (Å²) < 4.78 is 66.3. The summed E-state index contributed by atoms with van der Waals surface area (Å²) in [4.78, 5) is 12.6. The Balaban J connectivity index is 1.40. The number of aryl methyl sites for hydroxylation is 1. The van der Waals surface area contributed by atoms with E-state index in [4.69, 9.17) is 0 Å². The van der Waals surface area contributed by atoms with Gasteiger partial charge in [0, 0.05) is 18.7 Å². The maximum atomic E-state index is 13.0. The van der Waals surface area contributed by atoms with Crippen LogP contribution in [0, 0.1) is 11.3 Å². The van der Waals surface area contributed by atoms with E-state index >= 15 is 0 Å². The van der Waals surface area contributed by atoms with Crippen molar-refractivity contribution in [3.8, 4) is 6.07 Å². The smallest absolute Gasteiger partial charge is 0.334 e. The number of carbonyl (C=O) groups is 1. The molecule has 0 unspecified atom stereocenters. The lowest BCUT2D eigenvalue weighted by Crippen LogP contribution is -2.55. The zero-order valence-electron chi connectivity index (χ0n) is 19.3. The highest BCUT2D eigenvalue weighted by Crippen LogP contribution is 2.30. The van der Waals surface area contributed by atoms with E-state index in [-0.39, 0.29) is 37.2 Å². The highest BCUT2D eigenvalue weighted by molar-refractivity contribution is 7.89. The third-order valence-corrected chi connectivity index (χ3v) is 8.37. The van der Waals surface area contributed by atoms with Gasteiger partial charge in [-0.25, -0.2) is 12.7 Å². The molecule has 1 saturated heterocycles. The molecule has 10 heteroatoms. The molecule has 188 valence electrons. The topological polar surface area (TPSA) is 90.3 Å². The molecule has 4 rings (SSSR count). The Hall–Kier alpha value is -3.42. The van der Waals surface area contributed by atoms with Crippen LogP contribution in [0.4, 0.5) is 13.2 Å². The predicted octanol–water partition coefficient (Wildman–Crippen LogP) is 4.52. The maximum Gasteiger partial charge on any atom is 0.416 e. The van der Waals surface area contributed by atoms with Gasteiger partial charge in [0.15, 0.2) is 0 Å². The molecule has 1 aliphatic rings. The summed E-state index contributed by atoms with van der Waals surface area (Å²) in [6.07, 6.45) is -4.21. The first kappa shape index (κ1) is 25.7. The minimum Gasteiger partial charge on any atom is -0.334 e. The van der Waals surface area contributed by atoms with Crippen molar-refractivity contribution in [2.24, 2.45) is 0 Å². The van der Waals surface area contributed by atoms with Crippen molar-refractivity contribution >= 4 is 26.7 Å². The number of benzene rings is 3. The van der Waals surface area contributed by atoms with Crippen LogP contribution in [-0.4, -0.2) is 43.0 Å². The van der Waals surface area contributed by atoms with Crippen molar-refractivity contribution in [1.82, 2.24) is 9.62 Å². The molecule has 3 aromatic carbocycles. The molecular weight excluding hydrogens is 491 g/mol. The first-order chi connectivity index (χ1) is 17.0. The van der Waals surface area contributed by atoms with Crippen LogP contribution in [0.3, 0.4) is 0 Å². The molecule has 0 spiro atoms. The maximum absolute atomic E-state index is 13.0. The molecule has 1 amide bonds. The molecular formula is C26H24F3N3O3S. The Labute approximate surface area is 207 Å². The zero-order chi connectivity index (χ0) is 26.0. The number of alkyl halides is 3. The Morgan fingerprint density at radius 2 is 1.69 bits per heavy atom. The van der Waals surface area contributed by atoms with E-state index in [1.54, 1.807) is 0 Å². The van der Waals surface area contributed by atoms with E-state index in [1.807, 2.05) is 48.5 Å². The molecule has 1 N–H and O–H groups in total. The van der Waals surface area contributed by atoms with Gasteiger partial charge in [-0.3, -0.25) is 4.79 Å². The van der Waals surface area contributed by atoms with Gasteiger partial charge in [0.25, 0.3) is 5.91 Å². The molecule has 0 atom stereocenters. The quantitative estimate of drug-likeness (QED) is 0.523. The van der Waals surface area contributed by atoms with Crippen LogP contribution in [0.1, 0.15) is 34.3 Å². The third-order valence-electron chi connectivity index (χ3n) is 6.50. The molecule has 36 heavy (non-hydrogen) atoms. The normalized spacial score (nSPS) is 16.4. The number of piperidine rings is 1. The van der Waals surface area contributed by atoms with E-state index in [1.165, 1.54) is 10.4 Å². The Morgan fingerprint density at radius 3 is 2.39 bits per heavy atom. The number of hydrogen-bond donors (Lipinski definition) is 1. The fourth-order valence-corrected chi connectivity index (χ4v) is 5.89. The van der Waals surface area contributed by atoms with Gasteiger partial charge in [-0.1, -0.05) is 48.5 Å². The molecule has 1 heterocycles. The van der Waals surface area contributed by atoms with Gasteiger partial charge in [-0.15, -0.1) is 0 Å². The van der Waals surface area contributed by atoms with Crippen molar-refractivity contribution in [1.29, 1.82) is 5.26 Å². The first-order valence-electron chi connectivity index (χ1n) is 11.4. The summed E-state index contributed by atoms with van der Waals surface area (Å²) in [6, 6.07) is 19.5. The summed E-state index contributed by atoms with van der Waals surface area (Å²) >= 11 is 0. The Kier molecular flexibility index (Phi) is 7.07. The molecule has 3 aromatic rings. The number of nitriles is 1. The minimum atomic E-state index is -4.60. The predicted molar refractivity (Wildman–Crippen MR) is 130 cm³/mol. The van der Waals surface area contributed by atoms with Gasteiger partial charge in [-0.2, -0.15) is 18.4 Å². The van der Waals surface area contributed by atoms with Crippen LogP contribution in [0.5, 0.6) is 0 Å². The molecule has 1 fully saturated rings. The Bertz CT molecular complexity index is 1420. The lowest BCUT2D eigenvalue weighted by molar-refractivity contribution is -0.137. The van der Waals surface area contributed by atoms with E-state index in [0.29, 0.717) is 6.42 Å². The minimum absolute atomic E-state index is 0.0221. The average molecular weight is 516 g/mol. The fraction of sp³-hybridized carbons (Fsp3) is 0.308. The van der Waals surface area contributed by atoms with E-state index in [2.05, 4.69) is 5.32 Å². The lowest BCUT2D eigenvalue weighted by atomic mass is 9.89. The molecule has 0 radical (unpaired) electrons. The van der Waals surface area contributed by atoms with Gasteiger partial charge in [0.2, 0.25) is 10.0 Å². The Morgan fingerprint density at radius 1 is 1.03 bits per heavy atom. The summed E-state index contributed by atoms with van der Waals surface area (Å²) in [5.41, 5.74) is -1.63. The van der Waals surface area contributed by atoms with Crippen LogP contribution in [0.2, 0.25) is 0 Å². The largest absolute Gasteiger partial charge is 0.416 e. The van der Waals surface area contributed by atoms with E-state index in [9.17, 15) is 31.6 Å². The number of amides is 1. The van der Waals surface area contributed by atoms with Gasteiger partial charge >= 0.3 is 6.18 Å². The van der Waals surface area contributed by atoms with Gasteiger partial charge in [0.05, 0.1) is 17.4 Å². The number of nitrogens with one attached hydrogen (secondary N) is 1. The van der Waals surface area contributed by atoms with Crippen molar-refractivity contribution in [3.05, 3.63) is 83.4 Å². The summed E-state index contributed by atoms with van der Waals surface area (Å²) in [7, 11) is -3.62. The van der Waals surface area contributed by atoms with E-state index < -0.39 is 33.2 Å². The van der Waals surface area contributed by atoms with Crippen LogP contribution < -0.4 is 5.32 Å². The first-order valence-corrected chi connectivity index (χ1v) is 13.0. The second-order valence-corrected chi connectivity index (χ2v) is 10.9. The average Bonchev–Trinajstić information content (AvgIpc) is 2.87. The number of rotatable bonds is 6. The van der Waals surface area contributed by atoms with Crippen LogP contribution in [0.15, 0.2) is 66.7 Å². The summed E-state index contributed by atoms with van der Waals surface area (Å²) in [5.74, 6) is -0.910. The fourth-order valence-electron chi connectivity index (χ4n) is 4.42. The number of sulfonamides is 1. The molecule has 0 aliphatic carbocycles. The van der Waals surface area contributed by atoms with Crippen molar-refractivity contribution in [3.63, 3.8) is 0 Å². The van der Waals surface area contributed by atoms with Crippen LogP contribution >= 0.6 is 0 Å². The second-order valence-electron chi connectivity index (χ2n) is 8.83. The number of carbonyl (C=O) groups excluding carboxylic acids is 1. The number of fused-ring (bicyclic) bond motifs is 1. The van der Waals surface area contributed by atoms with Crippen molar-refractivity contribution in [2.75, 3.05) is 18.8 Å². The van der Waals surface area contributed by atoms with Crippen molar-refractivity contribution < 1.29 is 26.4 Å². The molecule has 0 bridgehead atoms. The third kappa shape index (κ3) is 5.53. The molecule has 0 aromatic heterocycles. The highest BCUT2D eigenvalue weighted by atomic mass is 32.2. The van der Waals surface area contributed by atoms with Gasteiger partial charge in [-0.05, 0) is 53.8 Å². The van der Waals surface area contributed by atoms with Crippen LogP contribution in [0.25, 0.3) is 10.8 Å². The molecule has 0 saturated carbocycles. The number of halogens is 3. The van der Waals surface area contributed by atoms with E-state index in [0.717, 1.165) is 34.5 Å². The monoisotopic (exact) mass is 515 g/mol. The van der Waals surface area contributed by atoms with Crippen molar-refractivity contribution in [2.45, 2.75) is 31.0 Å². The van der Waals surface area contributed by atoms with Crippen LogP contribution in [-0.2, 0) is 22.6 Å². The highest BCUT2D eigenvalue weighted by Gasteiger charge is 2.40. The number of nitrogens with zero attached hydrogens (tertiary/aromatic N) is 2. The summed E-state index contributed by atoms with van der Waals surface area (Å²) in [5, 5.41) is 14.3. The molecule has 1 aliphatic heterocycles. The lowest BCUT2D eigenvalue weighted by Gasteiger charge is -2.37. The standard InChI is InChI=1S/C26H24F3N3O3S/c27-26(28,29)22-9-4-8-21(17-22)24(33)31-25(18-30)12-14-32(15-13-25)36(34,35)16-11-20-7-3-6-19-5-1-2-10-23(19)20/h1-10,17H,11-16H2,(H,31,33). The molecule has 6 nitrogen and oxygen atoms in total. The van der Waals surface area contributed by atoms with Gasteiger partial charge in [0.1, 0.15) is 5.54 Å². The SMILES string of the molecule is N#CC1(NC(=O)c2cccc(C(F)(F)F)c2)CCN(S(=O)(=O)CCc2cccc3ccccc23)CC1. The van der Waals surface area contributed by atoms with Gasteiger partial charge < -0.3 is 5.32 Å². The summed E-state index contributed by atoms with van der Waals surface area (Å²) in [6.45, 7) is 0.0442. The second kappa shape index (κ2) is 9.91. The number of hydrogen-bond acceptors (Lipinski definition) is 4.